The van der Waals surface area contributed by atoms with Crippen molar-refractivity contribution < 1.29 is 19.1 Å². The number of ether oxygens (including phenoxy) is 2. The number of unbranched alkanes of at least 4 members (excludes halogenated alkanes) is 3. The zero-order valence-electron chi connectivity index (χ0n) is 13.0. The van der Waals surface area contributed by atoms with Gasteiger partial charge in [-0.15, -0.1) is 6.58 Å². The van der Waals surface area contributed by atoms with Crippen LogP contribution in [0.2, 0.25) is 0 Å². The largest absolute Gasteiger partial charge is 0.465 e. The maximum absolute atomic E-state index is 12.0. The van der Waals surface area contributed by atoms with Gasteiger partial charge in [-0.1, -0.05) is 38.7 Å². The van der Waals surface area contributed by atoms with Gasteiger partial charge in [-0.05, 0) is 20.3 Å². The smallest absolute Gasteiger partial charge is 0.320 e. The highest BCUT2D eigenvalue weighted by molar-refractivity contribution is 5.95. The van der Waals surface area contributed by atoms with Crippen LogP contribution in [0.25, 0.3) is 0 Å². The van der Waals surface area contributed by atoms with E-state index in [1.165, 1.54) is 0 Å². The standard InChI is InChI=1S/C16H28O4/c1-5-9-10-11-12-13(6-2)14(15(17)19-7-3)16(18)20-8-4/h6,13-14H,2,5,7-12H2,1,3-4H3. The molecule has 0 saturated heterocycles. The minimum Gasteiger partial charge on any atom is -0.465 e. The van der Waals surface area contributed by atoms with Crippen LogP contribution in [-0.2, 0) is 19.1 Å². The molecule has 0 spiro atoms. The second kappa shape index (κ2) is 11.5. The molecule has 0 saturated carbocycles. The Morgan fingerprint density at radius 2 is 1.55 bits per heavy atom. The van der Waals surface area contributed by atoms with Crippen LogP contribution in [0.3, 0.4) is 0 Å². The molecule has 0 radical (unpaired) electrons. The van der Waals surface area contributed by atoms with Crippen molar-refractivity contribution in [2.24, 2.45) is 11.8 Å². The molecule has 1 unspecified atom stereocenters. The zero-order valence-corrected chi connectivity index (χ0v) is 13.0. The van der Waals surface area contributed by atoms with Crippen LogP contribution in [0, 0.1) is 11.8 Å². The van der Waals surface area contributed by atoms with Crippen molar-refractivity contribution in [2.75, 3.05) is 13.2 Å². The second-order valence-electron chi connectivity index (χ2n) is 4.73. The summed E-state index contributed by atoms with van der Waals surface area (Å²) in [5.41, 5.74) is 0. The molecule has 0 rings (SSSR count). The average Bonchev–Trinajstić information content (AvgIpc) is 2.42. The molecular formula is C16H28O4. The third kappa shape index (κ3) is 6.73. The number of allylic oxidation sites excluding steroid dienone is 1. The van der Waals surface area contributed by atoms with E-state index in [9.17, 15) is 9.59 Å². The highest BCUT2D eigenvalue weighted by Crippen LogP contribution is 2.23. The lowest BCUT2D eigenvalue weighted by Crippen LogP contribution is -2.33. The molecule has 20 heavy (non-hydrogen) atoms. The molecular weight excluding hydrogens is 256 g/mol. The first-order valence-corrected chi connectivity index (χ1v) is 7.58. The normalized spacial score (nSPS) is 12.0. The van der Waals surface area contributed by atoms with Crippen LogP contribution in [0.1, 0.15) is 52.9 Å². The third-order valence-corrected chi connectivity index (χ3v) is 3.20. The maximum atomic E-state index is 12.0. The van der Waals surface area contributed by atoms with Crippen molar-refractivity contribution in [2.45, 2.75) is 52.9 Å². The quantitative estimate of drug-likeness (QED) is 0.252. The minimum atomic E-state index is -0.881. The van der Waals surface area contributed by atoms with Gasteiger partial charge in [0.2, 0.25) is 0 Å². The van der Waals surface area contributed by atoms with Gasteiger partial charge in [0.15, 0.2) is 5.92 Å². The predicted octanol–water partition coefficient (Wildman–Crippen LogP) is 3.50. The molecule has 116 valence electrons. The van der Waals surface area contributed by atoms with Gasteiger partial charge in [0.1, 0.15) is 0 Å². The van der Waals surface area contributed by atoms with Gasteiger partial charge in [-0.3, -0.25) is 9.59 Å². The molecule has 0 aliphatic heterocycles. The van der Waals surface area contributed by atoms with Crippen molar-refractivity contribution in [3.63, 3.8) is 0 Å². The molecule has 0 fully saturated rings. The summed E-state index contributed by atoms with van der Waals surface area (Å²) in [6.07, 6.45) is 6.81. The minimum absolute atomic E-state index is 0.218. The Labute approximate surface area is 122 Å². The highest BCUT2D eigenvalue weighted by Gasteiger charge is 2.35. The molecule has 0 bridgehead atoms. The Kier molecular flexibility index (Phi) is 10.7. The fourth-order valence-corrected chi connectivity index (χ4v) is 2.14. The lowest BCUT2D eigenvalue weighted by molar-refractivity contribution is -0.163. The first kappa shape index (κ1) is 18.7. The molecule has 0 aromatic carbocycles. The van der Waals surface area contributed by atoms with Gasteiger partial charge >= 0.3 is 11.9 Å². The summed E-state index contributed by atoms with van der Waals surface area (Å²) in [4.78, 5) is 24.0. The number of esters is 2. The van der Waals surface area contributed by atoms with E-state index < -0.39 is 17.9 Å². The summed E-state index contributed by atoms with van der Waals surface area (Å²) in [6.45, 7) is 9.86. The van der Waals surface area contributed by atoms with Crippen molar-refractivity contribution in [1.29, 1.82) is 0 Å². The van der Waals surface area contributed by atoms with Crippen LogP contribution >= 0.6 is 0 Å². The fourth-order valence-electron chi connectivity index (χ4n) is 2.14. The molecule has 1 atom stereocenters. The summed E-state index contributed by atoms with van der Waals surface area (Å²) in [6, 6.07) is 0. The van der Waals surface area contributed by atoms with Crippen LogP contribution < -0.4 is 0 Å². The van der Waals surface area contributed by atoms with E-state index in [1.807, 2.05) is 0 Å². The third-order valence-electron chi connectivity index (χ3n) is 3.20. The molecule has 4 heteroatoms. The monoisotopic (exact) mass is 284 g/mol. The van der Waals surface area contributed by atoms with Crippen LogP contribution in [0.4, 0.5) is 0 Å². The van der Waals surface area contributed by atoms with Crippen molar-refractivity contribution in [1.82, 2.24) is 0 Å². The van der Waals surface area contributed by atoms with Crippen LogP contribution in [-0.4, -0.2) is 25.2 Å². The van der Waals surface area contributed by atoms with E-state index >= 15 is 0 Å². The molecule has 0 amide bonds. The first-order chi connectivity index (χ1) is 9.62. The lowest BCUT2D eigenvalue weighted by atomic mass is 9.87. The number of hydrogen-bond acceptors (Lipinski definition) is 4. The number of rotatable bonds is 11. The predicted molar refractivity (Wildman–Crippen MR) is 79.2 cm³/mol. The molecule has 4 nitrogen and oxygen atoms in total. The number of hydrogen-bond donors (Lipinski definition) is 0. The van der Waals surface area contributed by atoms with Gasteiger partial charge in [-0.25, -0.2) is 0 Å². The van der Waals surface area contributed by atoms with Gasteiger partial charge < -0.3 is 9.47 Å². The lowest BCUT2D eigenvalue weighted by Gasteiger charge is -2.21. The Bertz CT molecular complexity index is 281. The summed E-state index contributed by atoms with van der Waals surface area (Å²) >= 11 is 0. The molecule has 0 heterocycles. The molecule has 0 aliphatic carbocycles. The van der Waals surface area contributed by atoms with Gasteiger partial charge in [0.05, 0.1) is 13.2 Å². The average molecular weight is 284 g/mol. The van der Waals surface area contributed by atoms with Crippen LogP contribution in [0.15, 0.2) is 12.7 Å². The Hall–Kier alpha value is -1.32. The Balaban J connectivity index is 4.71. The van der Waals surface area contributed by atoms with Crippen LogP contribution in [0.5, 0.6) is 0 Å². The Morgan fingerprint density at radius 1 is 1.00 bits per heavy atom. The molecule has 0 aromatic rings. The van der Waals surface area contributed by atoms with Gasteiger partial charge in [-0.2, -0.15) is 0 Å². The maximum Gasteiger partial charge on any atom is 0.320 e. The summed E-state index contributed by atoms with van der Waals surface area (Å²) in [5.74, 6) is -2.11. The summed E-state index contributed by atoms with van der Waals surface area (Å²) in [5, 5.41) is 0. The van der Waals surface area contributed by atoms with E-state index in [4.69, 9.17) is 9.47 Å². The second-order valence-corrected chi connectivity index (χ2v) is 4.73. The van der Waals surface area contributed by atoms with E-state index in [0.717, 1.165) is 32.1 Å². The SMILES string of the molecule is C=CC(CCCCCC)C(C(=O)OCC)C(=O)OCC. The molecule has 0 aromatic heterocycles. The summed E-state index contributed by atoms with van der Waals surface area (Å²) < 4.78 is 9.99. The zero-order chi connectivity index (χ0) is 15.4. The van der Waals surface area contributed by atoms with E-state index in [1.54, 1.807) is 19.9 Å². The highest BCUT2D eigenvalue weighted by atomic mass is 16.6. The number of carbonyl (C=O) groups is 2. The van der Waals surface area contributed by atoms with Crippen molar-refractivity contribution in [3.8, 4) is 0 Å². The van der Waals surface area contributed by atoms with E-state index in [2.05, 4.69) is 13.5 Å². The first-order valence-electron chi connectivity index (χ1n) is 7.58. The topological polar surface area (TPSA) is 52.6 Å². The fraction of sp³-hybridized carbons (Fsp3) is 0.750. The number of carbonyl (C=O) groups excluding carboxylic acids is 2. The van der Waals surface area contributed by atoms with Crippen molar-refractivity contribution in [3.05, 3.63) is 12.7 Å². The summed E-state index contributed by atoms with van der Waals surface area (Å²) in [7, 11) is 0. The van der Waals surface area contributed by atoms with E-state index in [0.29, 0.717) is 0 Å². The van der Waals surface area contributed by atoms with Crippen molar-refractivity contribution >= 4 is 11.9 Å². The van der Waals surface area contributed by atoms with Gasteiger partial charge in [0, 0.05) is 5.92 Å². The van der Waals surface area contributed by atoms with E-state index in [-0.39, 0.29) is 19.1 Å². The Morgan fingerprint density at radius 3 is 1.95 bits per heavy atom. The van der Waals surface area contributed by atoms with Gasteiger partial charge in [0.25, 0.3) is 0 Å². The molecule has 0 aliphatic rings. The molecule has 0 N–H and O–H groups in total.